The lowest BCUT2D eigenvalue weighted by atomic mass is 10.1. The molecule has 0 bridgehead atoms. The summed E-state index contributed by atoms with van der Waals surface area (Å²) in [5, 5.41) is 12.2. The van der Waals surface area contributed by atoms with Crippen LogP contribution in [0.5, 0.6) is 0 Å². The van der Waals surface area contributed by atoms with Gasteiger partial charge in [-0.25, -0.2) is 4.39 Å². The highest BCUT2D eigenvalue weighted by molar-refractivity contribution is 7.15. The summed E-state index contributed by atoms with van der Waals surface area (Å²) < 4.78 is 13.1. The van der Waals surface area contributed by atoms with Crippen LogP contribution in [0.4, 0.5) is 15.2 Å². The molecule has 0 spiro atoms. The highest BCUT2D eigenvalue weighted by atomic mass is 32.1. The van der Waals surface area contributed by atoms with Crippen LogP contribution in [0, 0.1) is 11.7 Å². The first kappa shape index (κ1) is 19.2. The fourth-order valence-corrected chi connectivity index (χ4v) is 4.00. The van der Waals surface area contributed by atoms with Crippen LogP contribution in [0.15, 0.2) is 54.6 Å². The maximum atomic E-state index is 13.1. The lowest BCUT2D eigenvalue weighted by Crippen LogP contribution is -2.28. The molecule has 0 radical (unpaired) electrons. The van der Waals surface area contributed by atoms with Gasteiger partial charge in [-0.1, -0.05) is 41.7 Å². The van der Waals surface area contributed by atoms with Crippen molar-refractivity contribution >= 4 is 34.0 Å². The van der Waals surface area contributed by atoms with Crippen molar-refractivity contribution in [1.82, 2.24) is 10.2 Å². The van der Waals surface area contributed by atoms with Crippen LogP contribution >= 0.6 is 11.3 Å². The molecule has 1 saturated heterocycles. The summed E-state index contributed by atoms with van der Waals surface area (Å²) >= 11 is 1.34. The van der Waals surface area contributed by atoms with Crippen molar-refractivity contribution in [3.05, 3.63) is 71.0 Å². The van der Waals surface area contributed by atoms with Gasteiger partial charge >= 0.3 is 0 Å². The van der Waals surface area contributed by atoms with E-state index in [1.807, 2.05) is 18.2 Å². The second-order valence-electron chi connectivity index (χ2n) is 6.86. The van der Waals surface area contributed by atoms with E-state index < -0.39 is 5.92 Å². The van der Waals surface area contributed by atoms with Gasteiger partial charge in [0.1, 0.15) is 10.8 Å². The average Bonchev–Trinajstić information content (AvgIpc) is 3.34. The second kappa shape index (κ2) is 8.48. The van der Waals surface area contributed by atoms with Crippen LogP contribution in [0.3, 0.4) is 0 Å². The maximum absolute atomic E-state index is 13.1. The Balaban J connectivity index is 1.33. The Morgan fingerprint density at radius 2 is 1.86 bits per heavy atom. The standard InChI is InChI=1S/C21H19FN4O2S/c22-16-7-9-17(10-8-16)26-13-15(12-19(26)27)20(28)23-21-25-24-18(29-21)11-6-14-4-2-1-3-5-14/h1-5,7-10,15H,6,11-13H2,(H,23,25,28). The number of halogens is 1. The molecule has 1 fully saturated rings. The van der Waals surface area contributed by atoms with Gasteiger partial charge in [-0.3, -0.25) is 9.59 Å². The zero-order valence-corrected chi connectivity index (χ0v) is 16.4. The number of amides is 2. The number of carbonyl (C=O) groups excluding carboxylic acids is 2. The summed E-state index contributed by atoms with van der Waals surface area (Å²) in [7, 11) is 0. The molecule has 1 N–H and O–H groups in total. The number of hydrogen-bond acceptors (Lipinski definition) is 5. The third-order valence-corrected chi connectivity index (χ3v) is 5.70. The highest BCUT2D eigenvalue weighted by Crippen LogP contribution is 2.27. The Kier molecular flexibility index (Phi) is 5.62. The molecule has 1 aromatic heterocycles. The van der Waals surface area contributed by atoms with Crippen molar-refractivity contribution in [3.8, 4) is 0 Å². The van der Waals surface area contributed by atoms with Crippen molar-refractivity contribution in [1.29, 1.82) is 0 Å². The van der Waals surface area contributed by atoms with Gasteiger partial charge in [0.2, 0.25) is 16.9 Å². The molecular weight excluding hydrogens is 391 g/mol. The Labute approximate surface area is 171 Å². The smallest absolute Gasteiger partial charge is 0.231 e. The molecule has 1 aliphatic rings. The molecule has 2 heterocycles. The van der Waals surface area contributed by atoms with Crippen LogP contribution in [-0.2, 0) is 22.4 Å². The summed E-state index contributed by atoms with van der Waals surface area (Å²) in [6, 6.07) is 15.8. The van der Waals surface area contributed by atoms with Gasteiger partial charge in [0.05, 0.1) is 5.92 Å². The summed E-state index contributed by atoms with van der Waals surface area (Å²) in [5.74, 6) is -1.26. The minimum atomic E-state index is -0.482. The van der Waals surface area contributed by atoms with E-state index in [0.29, 0.717) is 10.8 Å². The topological polar surface area (TPSA) is 75.2 Å². The first-order chi connectivity index (χ1) is 14.1. The number of aryl methyl sites for hydroxylation is 2. The van der Waals surface area contributed by atoms with E-state index in [-0.39, 0.29) is 30.6 Å². The van der Waals surface area contributed by atoms with Gasteiger partial charge in [-0.05, 0) is 36.2 Å². The van der Waals surface area contributed by atoms with Crippen LogP contribution in [0.25, 0.3) is 0 Å². The summed E-state index contributed by atoms with van der Waals surface area (Å²) in [6.45, 7) is 0.260. The predicted octanol–water partition coefficient (Wildman–Crippen LogP) is 3.45. The Bertz CT molecular complexity index is 1010. The lowest BCUT2D eigenvalue weighted by molar-refractivity contribution is -0.122. The third kappa shape index (κ3) is 4.65. The van der Waals surface area contributed by atoms with Crippen LogP contribution in [-0.4, -0.2) is 28.6 Å². The largest absolute Gasteiger partial charge is 0.312 e. The van der Waals surface area contributed by atoms with Gasteiger partial charge < -0.3 is 10.2 Å². The quantitative estimate of drug-likeness (QED) is 0.675. The zero-order valence-electron chi connectivity index (χ0n) is 15.5. The Hall–Kier alpha value is -3.13. The van der Waals surface area contributed by atoms with E-state index >= 15 is 0 Å². The van der Waals surface area contributed by atoms with Crippen molar-refractivity contribution < 1.29 is 14.0 Å². The number of nitrogens with one attached hydrogen (secondary N) is 1. The molecule has 0 aliphatic carbocycles. The first-order valence-electron chi connectivity index (χ1n) is 9.31. The van der Waals surface area contributed by atoms with Crippen molar-refractivity contribution in [2.75, 3.05) is 16.8 Å². The van der Waals surface area contributed by atoms with E-state index in [2.05, 4.69) is 27.6 Å². The fourth-order valence-electron chi connectivity index (χ4n) is 3.26. The third-order valence-electron chi connectivity index (χ3n) is 4.80. The molecule has 4 rings (SSSR count). The maximum Gasteiger partial charge on any atom is 0.231 e. The molecule has 1 unspecified atom stereocenters. The van der Waals surface area contributed by atoms with Crippen LogP contribution in [0.1, 0.15) is 17.0 Å². The average molecular weight is 410 g/mol. The van der Waals surface area contributed by atoms with Gasteiger partial charge in [-0.2, -0.15) is 0 Å². The van der Waals surface area contributed by atoms with Crippen molar-refractivity contribution in [2.24, 2.45) is 5.92 Å². The number of hydrogen-bond donors (Lipinski definition) is 1. The van der Waals surface area contributed by atoms with Crippen molar-refractivity contribution in [2.45, 2.75) is 19.3 Å². The van der Waals surface area contributed by atoms with Gasteiger partial charge in [-0.15, -0.1) is 10.2 Å². The molecule has 3 aromatic rings. The number of benzene rings is 2. The van der Waals surface area contributed by atoms with E-state index in [1.165, 1.54) is 46.1 Å². The molecule has 6 nitrogen and oxygen atoms in total. The van der Waals surface area contributed by atoms with Gasteiger partial charge in [0.25, 0.3) is 0 Å². The molecule has 0 saturated carbocycles. The fraction of sp³-hybridized carbons (Fsp3) is 0.238. The molecule has 1 aliphatic heterocycles. The second-order valence-corrected chi connectivity index (χ2v) is 7.92. The van der Waals surface area contributed by atoms with Crippen molar-refractivity contribution in [3.63, 3.8) is 0 Å². The SMILES string of the molecule is O=C(Nc1nnc(CCc2ccccc2)s1)C1CC(=O)N(c2ccc(F)cc2)C1. The van der Waals surface area contributed by atoms with Gasteiger partial charge in [0, 0.05) is 25.1 Å². The van der Waals surface area contributed by atoms with E-state index in [9.17, 15) is 14.0 Å². The van der Waals surface area contributed by atoms with Crippen LogP contribution in [0.2, 0.25) is 0 Å². The van der Waals surface area contributed by atoms with E-state index in [0.717, 1.165) is 17.8 Å². The summed E-state index contributed by atoms with van der Waals surface area (Å²) in [6.07, 6.45) is 1.72. The highest BCUT2D eigenvalue weighted by Gasteiger charge is 2.35. The Morgan fingerprint density at radius 3 is 2.62 bits per heavy atom. The number of nitrogens with zero attached hydrogens (tertiary/aromatic N) is 3. The molecule has 29 heavy (non-hydrogen) atoms. The normalized spacial score (nSPS) is 16.2. The number of aromatic nitrogens is 2. The van der Waals surface area contributed by atoms with E-state index in [4.69, 9.17) is 0 Å². The predicted molar refractivity (Wildman–Crippen MR) is 109 cm³/mol. The minimum absolute atomic E-state index is 0.114. The first-order valence-corrected chi connectivity index (χ1v) is 10.1. The molecule has 2 aromatic carbocycles. The molecule has 8 heteroatoms. The monoisotopic (exact) mass is 410 g/mol. The Morgan fingerprint density at radius 1 is 1.10 bits per heavy atom. The van der Waals surface area contributed by atoms with E-state index in [1.54, 1.807) is 0 Å². The van der Waals surface area contributed by atoms with Crippen LogP contribution < -0.4 is 10.2 Å². The number of carbonyl (C=O) groups is 2. The molecular formula is C21H19FN4O2S. The lowest BCUT2D eigenvalue weighted by Gasteiger charge is -2.16. The number of anilines is 2. The summed E-state index contributed by atoms with van der Waals surface area (Å²) in [5.41, 5.74) is 1.81. The summed E-state index contributed by atoms with van der Waals surface area (Å²) in [4.78, 5) is 26.4. The molecule has 148 valence electrons. The minimum Gasteiger partial charge on any atom is -0.312 e. The van der Waals surface area contributed by atoms with Gasteiger partial charge in [0.15, 0.2) is 0 Å². The zero-order chi connectivity index (χ0) is 20.2. The number of rotatable bonds is 6. The molecule has 1 atom stereocenters. The molecule has 2 amide bonds.